The molecule has 0 aliphatic rings. The summed E-state index contributed by atoms with van der Waals surface area (Å²) in [5.41, 5.74) is -2.82. The number of halogens is 3. The zero-order valence-corrected chi connectivity index (χ0v) is 8.91. The molecule has 6 heteroatoms. The van der Waals surface area contributed by atoms with Crippen molar-refractivity contribution in [1.82, 2.24) is 0 Å². The minimum absolute atomic E-state index is 0.144. The Bertz CT molecular complexity index is 256. The normalized spacial score (nSPS) is 11.2. The summed E-state index contributed by atoms with van der Waals surface area (Å²) in [6.07, 6.45) is 0. The van der Waals surface area contributed by atoms with Crippen LogP contribution in [0.25, 0.3) is 0 Å². The van der Waals surface area contributed by atoms with Crippen LogP contribution in [0.2, 0.25) is 0 Å². The van der Waals surface area contributed by atoms with E-state index in [0.717, 1.165) is 0 Å². The van der Waals surface area contributed by atoms with E-state index in [4.69, 9.17) is 43.4 Å². The maximum absolute atomic E-state index is 8.91. The second-order valence-corrected chi connectivity index (χ2v) is 8.81. The van der Waals surface area contributed by atoms with Gasteiger partial charge in [0.2, 0.25) is 0 Å². The van der Waals surface area contributed by atoms with E-state index >= 15 is 0 Å². The molecule has 12 heavy (non-hydrogen) atoms. The molecule has 66 valence electrons. The van der Waals surface area contributed by atoms with E-state index in [0.29, 0.717) is 5.75 Å². The average Bonchev–Trinajstić information content (AvgIpc) is 1.91. The largest absolute Gasteiger partial charge is 0.508 e. The van der Waals surface area contributed by atoms with Crippen LogP contribution in [0, 0.1) is 0 Å². The minimum Gasteiger partial charge on any atom is -0.508 e. The Morgan fingerprint density at radius 2 is 1.58 bits per heavy atom. The van der Waals surface area contributed by atoms with Crippen molar-refractivity contribution in [1.29, 1.82) is 0 Å². The molecule has 1 aromatic carbocycles. The van der Waals surface area contributed by atoms with Crippen LogP contribution in [0.15, 0.2) is 24.3 Å². The van der Waals surface area contributed by atoms with Gasteiger partial charge < -0.3 is 5.11 Å². The zero-order chi connectivity index (χ0) is 9.19. The number of phenolic OH excluding ortho intramolecular Hbond substituents is 1. The summed E-state index contributed by atoms with van der Waals surface area (Å²) in [7, 11) is 0. The first kappa shape index (κ1) is 10.2. The zero-order valence-electron chi connectivity index (χ0n) is 5.75. The molecule has 0 bridgehead atoms. The predicted octanol–water partition coefficient (Wildman–Crippen LogP) is 4.17. The first-order chi connectivity index (χ1) is 5.47. The van der Waals surface area contributed by atoms with Crippen molar-refractivity contribution >= 4 is 39.3 Å². The van der Waals surface area contributed by atoms with Crippen molar-refractivity contribution < 1.29 is 9.63 Å². The van der Waals surface area contributed by atoms with E-state index in [1.165, 1.54) is 24.3 Å². The average molecular weight is 246 g/mol. The Kier molecular flexibility index (Phi) is 3.30. The lowest BCUT2D eigenvalue weighted by Crippen LogP contribution is -1.81. The summed E-state index contributed by atoms with van der Waals surface area (Å²) < 4.78 is 4.95. The quantitative estimate of drug-likeness (QED) is 0.794. The predicted molar refractivity (Wildman–Crippen MR) is 53.2 cm³/mol. The van der Waals surface area contributed by atoms with E-state index in [2.05, 4.69) is 0 Å². The van der Waals surface area contributed by atoms with Crippen LogP contribution in [-0.4, -0.2) is 5.11 Å². The number of hydrogen-bond donors (Lipinski definition) is 1. The molecule has 0 aromatic heterocycles. The first-order valence-electron chi connectivity index (χ1n) is 2.94. The fraction of sp³-hybridized carbons (Fsp3) is 0. The lowest BCUT2D eigenvalue weighted by atomic mass is 10.3. The number of rotatable bonds is 2. The van der Waals surface area contributed by atoms with Crippen molar-refractivity contribution in [3.05, 3.63) is 24.3 Å². The summed E-state index contributed by atoms with van der Waals surface area (Å²) in [5, 5.41) is 8.91. The van der Waals surface area contributed by atoms with Gasteiger partial charge in [-0.25, -0.2) is 0 Å². The molecule has 2 nitrogen and oxygen atoms in total. The van der Waals surface area contributed by atoms with Gasteiger partial charge in [0.05, 0.1) is 0 Å². The van der Waals surface area contributed by atoms with Gasteiger partial charge in [-0.05, 0) is 24.3 Å². The Balaban J connectivity index is 2.71. The molecule has 0 saturated carbocycles. The number of aromatic hydroxyl groups is 1. The van der Waals surface area contributed by atoms with Gasteiger partial charge in [-0.1, -0.05) is 0 Å². The lowest BCUT2D eigenvalue weighted by molar-refractivity contribution is 0.474. The molecule has 0 spiro atoms. The van der Waals surface area contributed by atoms with Gasteiger partial charge in [0.1, 0.15) is 5.75 Å². The number of phenols is 1. The van der Waals surface area contributed by atoms with Crippen LogP contribution < -0.4 is 4.52 Å². The molecule has 0 saturated heterocycles. The van der Waals surface area contributed by atoms with Crippen molar-refractivity contribution in [2.75, 3.05) is 0 Å². The van der Waals surface area contributed by atoms with Gasteiger partial charge in [0, 0.05) is 0 Å². The van der Waals surface area contributed by atoms with Gasteiger partial charge in [0.15, 0.2) is 39.5 Å². The molecular formula is C6H5Cl3O2P+. The molecule has 1 rings (SSSR count). The van der Waals surface area contributed by atoms with E-state index < -0.39 is 5.55 Å². The maximum Gasteiger partial charge on any atom is 0.481 e. The summed E-state index contributed by atoms with van der Waals surface area (Å²) in [6, 6.07) is 5.96. The van der Waals surface area contributed by atoms with Crippen molar-refractivity contribution in [3.8, 4) is 11.5 Å². The van der Waals surface area contributed by atoms with E-state index in [1.54, 1.807) is 0 Å². The topological polar surface area (TPSA) is 29.5 Å². The third-order valence-electron chi connectivity index (χ3n) is 1.05. The highest BCUT2D eigenvalue weighted by molar-refractivity contribution is 8.30. The monoisotopic (exact) mass is 245 g/mol. The van der Waals surface area contributed by atoms with Gasteiger partial charge in [-0.15, -0.1) is 0 Å². The van der Waals surface area contributed by atoms with Crippen LogP contribution in [-0.2, 0) is 0 Å². The summed E-state index contributed by atoms with van der Waals surface area (Å²) in [6.45, 7) is 0. The molecule has 1 aromatic rings. The fourth-order valence-electron chi connectivity index (χ4n) is 0.627. The molecule has 0 aliphatic heterocycles. The molecule has 0 heterocycles. The van der Waals surface area contributed by atoms with Gasteiger partial charge in [-0.2, -0.15) is 0 Å². The van der Waals surface area contributed by atoms with E-state index in [-0.39, 0.29) is 5.75 Å². The van der Waals surface area contributed by atoms with Crippen LogP contribution in [0.1, 0.15) is 0 Å². The van der Waals surface area contributed by atoms with Gasteiger partial charge in [-0.3, -0.25) is 4.52 Å². The molecule has 1 N–H and O–H groups in total. The van der Waals surface area contributed by atoms with Crippen LogP contribution >= 0.6 is 39.3 Å². The highest BCUT2D eigenvalue weighted by Gasteiger charge is 2.36. The van der Waals surface area contributed by atoms with Gasteiger partial charge >= 0.3 is 5.55 Å². The second-order valence-electron chi connectivity index (χ2n) is 1.98. The molecule has 0 radical (unpaired) electrons. The highest BCUT2D eigenvalue weighted by atomic mass is 36.1. The SMILES string of the molecule is Oc1ccc(O[P+](Cl)(Cl)Cl)cc1. The van der Waals surface area contributed by atoms with Gasteiger partial charge in [0.25, 0.3) is 0 Å². The summed E-state index contributed by atoms with van der Waals surface area (Å²) >= 11 is 16.4. The first-order valence-corrected chi connectivity index (χ1v) is 7.36. The Hall–Kier alpha value is 0.120. The van der Waals surface area contributed by atoms with Crippen LogP contribution in [0.4, 0.5) is 0 Å². The summed E-state index contributed by atoms with van der Waals surface area (Å²) in [4.78, 5) is 0. The van der Waals surface area contributed by atoms with Crippen LogP contribution in [0.3, 0.4) is 0 Å². The van der Waals surface area contributed by atoms with Crippen molar-refractivity contribution in [2.45, 2.75) is 0 Å². The molecule has 0 atom stereocenters. The third-order valence-corrected chi connectivity index (χ3v) is 2.08. The van der Waals surface area contributed by atoms with Crippen LogP contribution in [0.5, 0.6) is 11.5 Å². The fourth-order valence-corrected chi connectivity index (χ4v) is 1.70. The van der Waals surface area contributed by atoms with Crippen molar-refractivity contribution in [2.24, 2.45) is 0 Å². The highest BCUT2D eigenvalue weighted by Crippen LogP contribution is 2.73. The molecule has 0 fully saturated rings. The minimum atomic E-state index is -2.82. The van der Waals surface area contributed by atoms with E-state index in [9.17, 15) is 0 Å². The summed E-state index contributed by atoms with van der Waals surface area (Å²) in [5.74, 6) is 0.575. The molecule has 0 amide bonds. The van der Waals surface area contributed by atoms with E-state index in [1.807, 2.05) is 0 Å². The maximum atomic E-state index is 8.91. The molecule has 0 unspecified atom stereocenters. The second kappa shape index (κ2) is 3.89. The Morgan fingerprint density at radius 3 is 2.00 bits per heavy atom. The number of hydrogen-bond acceptors (Lipinski definition) is 2. The standard InChI is InChI=1S/C6H4Cl3O2P/c7-12(8,9)11-6-3-1-5(10)2-4-6/h1-4H/p+1. The van der Waals surface area contributed by atoms with Crippen molar-refractivity contribution in [3.63, 3.8) is 0 Å². The molecule has 0 aliphatic carbocycles. The third kappa shape index (κ3) is 3.68. The Labute approximate surface area is 84.8 Å². The lowest BCUT2D eigenvalue weighted by Gasteiger charge is -2.01. The molecular weight excluding hydrogens is 241 g/mol. The smallest absolute Gasteiger partial charge is 0.481 e. The Morgan fingerprint density at radius 1 is 1.08 bits per heavy atom. The number of benzene rings is 1.